The number of hydrogen-bond acceptors (Lipinski definition) is 4. The maximum atomic E-state index is 14.2. The van der Waals surface area contributed by atoms with Crippen molar-refractivity contribution < 1.29 is 13.6 Å². The summed E-state index contributed by atoms with van der Waals surface area (Å²) in [5.74, 6) is -2.27. The molecule has 0 aliphatic heterocycles. The van der Waals surface area contributed by atoms with Crippen LogP contribution in [0.3, 0.4) is 0 Å². The molecular weight excluding hydrogens is 340 g/mol. The van der Waals surface area contributed by atoms with Gasteiger partial charge in [0.15, 0.2) is 11.6 Å². The van der Waals surface area contributed by atoms with Gasteiger partial charge in [-0.1, -0.05) is 11.6 Å². The predicted octanol–water partition coefficient (Wildman–Crippen LogP) is 3.03. The lowest BCUT2D eigenvalue weighted by molar-refractivity contribution is 0.102. The van der Waals surface area contributed by atoms with Gasteiger partial charge in [-0.15, -0.1) is 0 Å². The number of nitrogens with one attached hydrogen (secondary N) is 1. The molecule has 0 saturated heterocycles. The number of aromatic nitrogens is 3. The second-order valence-electron chi connectivity index (χ2n) is 4.82. The number of imidazole rings is 1. The Morgan fingerprint density at radius 2 is 1.92 bits per heavy atom. The van der Waals surface area contributed by atoms with E-state index in [4.69, 9.17) is 17.3 Å². The second kappa shape index (κ2) is 6.25. The standard InChI is InChI=1S/C15H10ClF2N5O/c16-12-3-8(4-13(19)22-12)15(24)21-9-5-10(17)14(11(18)6-9)23-2-1-20-7-23/h1-7H,(H2,19,22)(H,21,24). The SMILES string of the molecule is Nc1cc(C(=O)Nc2cc(F)c(-n3ccnc3)c(F)c2)cc(Cl)n1. The van der Waals surface area contributed by atoms with Gasteiger partial charge < -0.3 is 15.6 Å². The maximum Gasteiger partial charge on any atom is 0.255 e. The van der Waals surface area contributed by atoms with E-state index in [2.05, 4.69) is 15.3 Å². The first-order valence-electron chi connectivity index (χ1n) is 6.66. The molecular formula is C15H10ClF2N5O. The van der Waals surface area contributed by atoms with Gasteiger partial charge in [-0.3, -0.25) is 4.79 Å². The third kappa shape index (κ3) is 3.18. The highest BCUT2D eigenvalue weighted by molar-refractivity contribution is 6.30. The number of halogens is 3. The molecule has 0 aliphatic carbocycles. The highest BCUT2D eigenvalue weighted by atomic mass is 35.5. The van der Waals surface area contributed by atoms with Crippen molar-refractivity contribution in [3.05, 3.63) is 65.3 Å². The smallest absolute Gasteiger partial charge is 0.255 e. The number of carbonyl (C=O) groups is 1. The van der Waals surface area contributed by atoms with Crippen LogP contribution >= 0.6 is 11.6 Å². The van der Waals surface area contributed by atoms with Gasteiger partial charge in [0.2, 0.25) is 0 Å². The highest BCUT2D eigenvalue weighted by Crippen LogP contribution is 2.23. The quantitative estimate of drug-likeness (QED) is 0.712. The van der Waals surface area contributed by atoms with E-state index < -0.39 is 17.5 Å². The first kappa shape index (κ1) is 15.9. The number of nitrogens with zero attached hydrogens (tertiary/aromatic N) is 3. The number of nitrogen functional groups attached to an aromatic ring is 1. The van der Waals surface area contributed by atoms with Crippen LogP contribution in [0.5, 0.6) is 0 Å². The zero-order valence-electron chi connectivity index (χ0n) is 12.0. The summed E-state index contributed by atoms with van der Waals surface area (Å²) < 4.78 is 29.5. The molecule has 24 heavy (non-hydrogen) atoms. The third-order valence-corrected chi connectivity index (χ3v) is 3.31. The van der Waals surface area contributed by atoms with E-state index in [1.807, 2.05) is 0 Å². The minimum atomic E-state index is -0.851. The van der Waals surface area contributed by atoms with Crippen molar-refractivity contribution in [2.24, 2.45) is 0 Å². The molecule has 3 N–H and O–H groups in total. The Morgan fingerprint density at radius 1 is 1.21 bits per heavy atom. The van der Waals surface area contributed by atoms with Gasteiger partial charge >= 0.3 is 0 Å². The van der Waals surface area contributed by atoms with Gasteiger partial charge in [0.05, 0.1) is 6.33 Å². The molecule has 0 unspecified atom stereocenters. The van der Waals surface area contributed by atoms with Crippen LogP contribution in [-0.4, -0.2) is 20.4 Å². The molecule has 0 spiro atoms. The largest absolute Gasteiger partial charge is 0.384 e. The average molecular weight is 350 g/mol. The zero-order valence-corrected chi connectivity index (χ0v) is 12.8. The van der Waals surface area contributed by atoms with Crippen LogP contribution in [0.25, 0.3) is 5.69 Å². The van der Waals surface area contributed by atoms with Crippen molar-refractivity contribution in [2.45, 2.75) is 0 Å². The van der Waals surface area contributed by atoms with E-state index in [1.54, 1.807) is 0 Å². The summed E-state index contributed by atoms with van der Waals surface area (Å²) in [6.45, 7) is 0. The van der Waals surface area contributed by atoms with E-state index in [0.717, 1.165) is 12.1 Å². The summed E-state index contributed by atoms with van der Waals surface area (Å²) >= 11 is 5.73. The fourth-order valence-electron chi connectivity index (χ4n) is 2.13. The molecule has 9 heteroatoms. The monoisotopic (exact) mass is 349 g/mol. The van der Waals surface area contributed by atoms with Crippen LogP contribution in [0.15, 0.2) is 43.0 Å². The lowest BCUT2D eigenvalue weighted by Crippen LogP contribution is -2.13. The summed E-state index contributed by atoms with van der Waals surface area (Å²) in [5.41, 5.74) is 5.29. The molecule has 1 aromatic carbocycles. The van der Waals surface area contributed by atoms with Crippen LogP contribution in [0.2, 0.25) is 5.15 Å². The minimum Gasteiger partial charge on any atom is -0.384 e. The average Bonchev–Trinajstić information content (AvgIpc) is 2.99. The van der Waals surface area contributed by atoms with Gasteiger partial charge in [-0.25, -0.2) is 18.7 Å². The fraction of sp³-hybridized carbons (Fsp3) is 0. The van der Waals surface area contributed by atoms with Crippen molar-refractivity contribution in [1.82, 2.24) is 14.5 Å². The molecule has 0 bridgehead atoms. The number of amides is 1. The van der Waals surface area contributed by atoms with Crippen LogP contribution in [0.1, 0.15) is 10.4 Å². The van der Waals surface area contributed by atoms with E-state index in [9.17, 15) is 13.6 Å². The van der Waals surface area contributed by atoms with Crippen molar-refractivity contribution in [1.29, 1.82) is 0 Å². The molecule has 2 heterocycles. The van der Waals surface area contributed by atoms with E-state index >= 15 is 0 Å². The van der Waals surface area contributed by atoms with E-state index in [1.165, 1.54) is 35.4 Å². The first-order valence-corrected chi connectivity index (χ1v) is 7.03. The number of benzene rings is 1. The molecule has 6 nitrogen and oxygen atoms in total. The number of anilines is 2. The molecule has 1 amide bonds. The lowest BCUT2D eigenvalue weighted by Gasteiger charge is -2.10. The number of carbonyl (C=O) groups excluding carboxylic acids is 1. The zero-order chi connectivity index (χ0) is 17.3. The van der Waals surface area contributed by atoms with Crippen LogP contribution < -0.4 is 11.1 Å². The van der Waals surface area contributed by atoms with Gasteiger partial charge in [-0.2, -0.15) is 0 Å². The van der Waals surface area contributed by atoms with Crippen LogP contribution in [0, 0.1) is 11.6 Å². The summed E-state index contributed by atoms with van der Waals surface area (Å²) in [6, 6.07) is 4.60. The summed E-state index contributed by atoms with van der Waals surface area (Å²) in [6.07, 6.45) is 4.06. The maximum absolute atomic E-state index is 14.2. The van der Waals surface area contributed by atoms with Crippen LogP contribution in [-0.2, 0) is 0 Å². The normalized spacial score (nSPS) is 10.6. The van der Waals surface area contributed by atoms with E-state index in [-0.39, 0.29) is 27.9 Å². The third-order valence-electron chi connectivity index (χ3n) is 3.11. The number of nitrogens with two attached hydrogens (primary N) is 1. The topological polar surface area (TPSA) is 85.8 Å². The Labute approximate surface area is 139 Å². The molecule has 0 saturated carbocycles. The Kier molecular flexibility index (Phi) is 4.13. The Bertz CT molecular complexity index is 871. The molecule has 2 aromatic heterocycles. The molecule has 0 fully saturated rings. The summed E-state index contributed by atoms with van der Waals surface area (Å²) in [7, 11) is 0. The number of rotatable bonds is 3. The van der Waals surface area contributed by atoms with Crippen molar-refractivity contribution >= 4 is 29.0 Å². The molecule has 3 aromatic rings. The summed E-state index contributed by atoms with van der Waals surface area (Å²) in [4.78, 5) is 19.6. The fourth-order valence-corrected chi connectivity index (χ4v) is 2.34. The molecule has 0 radical (unpaired) electrons. The van der Waals surface area contributed by atoms with Gasteiger partial charge in [-0.05, 0) is 24.3 Å². The van der Waals surface area contributed by atoms with Gasteiger partial charge in [0.1, 0.15) is 16.7 Å². The first-order chi connectivity index (χ1) is 11.4. The minimum absolute atomic E-state index is 0.0352. The van der Waals surface area contributed by atoms with Crippen molar-refractivity contribution in [3.63, 3.8) is 0 Å². The lowest BCUT2D eigenvalue weighted by atomic mass is 10.2. The Morgan fingerprint density at radius 3 is 2.50 bits per heavy atom. The molecule has 122 valence electrons. The summed E-state index contributed by atoms with van der Waals surface area (Å²) in [5, 5.41) is 2.42. The highest BCUT2D eigenvalue weighted by Gasteiger charge is 2.15. The van der Waals surface area contributed by atoms with Crippen molar-refractivity contribution in [3.8, 4) is 5.69 Å². The van der Waals surface area contributed by atoms with Gasteiger partial charge in [0, 0.05) is 23.6 Å². The molecule has 0 atom stereocenters. The van der Waals surface area contributed by atoms with Gasteiger partial charge in [0.25, 0.3) is 5.91 Å². The Balaban J connectivity index is 1.89. The number of hydrogen-bond donors (Lipinski definition) is 2. The number of pyridine rings is 1. The predicted molar refractivity (Wildman–Crippen MR) is 85.1 cm³/mol. The van der Waals surface area contributed by atoms with Crippen molar-refractivity contribution in [2.75, 3.05) is 11.1 Å². The Hall–Kier alpha value is -3.00. The van der Waals surface area contributed by atoms with Crippen LogP contribution in [0.4, 0.5) is 20.3 Å². The molecule has 0 aliphatic rings. The van der Waals surface area contributed by atoms with E-state index in [0.29, 0.717) is 0 Å². The molecule has 3 rings (SSSR count). The second-order valence-corrected chi connectivity index (χ2v) is 5.20.